The molecule has 8 nitrogen and oxygen atoms in total. The van der Waals surface area contributed by atoms with Crippen molar-refractivity contribution in [1.82, 2.24) is 0 Å². The van der Waals surface area contributed by atoms with E-state index in [4.69, 9.17) is 27.9 Å². The van der Waals surface area contributed by atoms with Gasteiger partial charge in [-0.3, -0.25) is 4.79 Å². The average molecular weight is 368 g/mol. The zero-order valence-corrected chi connectivity index (χ0v) is 16.0. The number of hydrogen-bond acceptors (Lipinski definition) is 8. The first kappa shape index (κ1) is 23.4. The molecule has 1 unspecified atom stereocenters. The Morgan fingerprint density at radius 3 is 2.25 bits per heavy atom. The number of hydrogen-bond donors (Lipinski definition) is 2. The van der Waals surface area contributed by atoms with E-state index in [-0.39, 0.29) is 25.8 Å². The summed E-state index contributed by atoms with van der Waals surface area (Å²) in [5, 5.41) is 18.3. The first-order valence-electron chi connectivity index (χ1n) is 8.21. The maximum absolute atomic E-state index is 11.4. The number of rotatable bonds is 16. The van der Waals surface area contributed by atoms with E-state index >= 15 is 0 Å². The Kier molecular flexibility index (Phi) is 14.4. The summed E-state index contributed by atoms with van der Waals surface area (Å²) in [6.45, 7) is 0.579. The Morgan fingerprint density at radius 1 is 1.00 bits per heavy atom. The molecule has 0 bridgehead atoms. The van der Waals surface area contributed by atoms with Gasteiger partial charge < -0.3 is 33.0 Å². The van der Waals surface area contributed by atoms with Gasteiger partial charge in [-0.25, -0.2) is 0 Å². The molecule has 0 aliphatic heterocycles. The Hall–Kier alpha value is -0.553. The summed E-state index contributed by atoms with van der Waals surface area (Å²) in [4.78, 5) is 11.4. The Bertz CT molecular complexity index is 304. The van der Waals surface area contributed by atoms with Crippen LogP contribution < -0.4 is 0 Å². The first-order valence-corrected chi connectivity index (χ1v) is 10.1. The van der Waals surface area contributed by atoms with Gasteiger partial charge in [0.2, 0.25) is 0 Å². The molecule has 1 atom stereocenters. The molecule has 0 spiro atoms. The highest BCUT2D eigenvalue weighted by Crippen LogP contribution is 2.14. The van der Waals surface area contributed by atoms with E-state index in [0.717, 1.165) is 6.42 Å². The predicted octanol–water partition coefficient (Wildman–Crippen LogP) is 0.728. The zero-order valence-electron chi connectivity index (χ0n) is 15.0. The van der Waals surface area contributed by atoms with Gasteiger partial charge in [-0.05, 0) is 19.3 Å². The van der Waals surface area contributed by atoms with Crippen LogP contribution in [-0.2, 0) is 27.5 Å². The molecule has 0 rings (SSSR count). The molecule has 2 N–H and O–H groups in total. The van der Waals surface area contributed by atoms with Crippen molar-refractivity contribution in [2.45, 2.75) is 44.3 Å². The molecule has 0 amide bonds. The molecule has 24 heavy (non-hydrogen) atoms. The fourth-order valence-electron chi connectivity index (χ4n) is 2.03. The van der Waals surface area contributed by atoms with Crippen LogP contribution in [-0.4, -0.2) is 78.8 Å². The molecule has 0 aromatic rings. The van der Waals surface area contributed by atoms with E-state index in [9.17, 15) is 9.90 Å². The molecular weight excluding hydrogens is 336 g/mol. The van der Waals surface area contributed by atoms with Crippen molar-refractivity contribution in [1.29, 1.82) is 0 Å². The maximum Gasteiger partial charge on any atom is 0.500 e. The molecule has 0 heterocycles. The molecule has 0 aromatic heterocycles. The Morgan fingerprint density at radius 2 is 1.67 bits per heavy atom. The monoisotopic (exact) mass is 368 g/mol. The number of carbonyl (C=O) groups excluding carboxylic acids is 1. The molecule has 0 saturated heterocycles. The number of ether oxygens (including phenoxy) is 2. The lowest BCUT2D eigenvalue weighted by atomic mass is 10.2. The van der Waals surface area contributed by atoms with Crippen LogP contribution in [0.2, 0.25) is 6.04 Å². The quantitative estimate of drug-likeness (QED) is 0.233. The van der Waals surface area contributed by atoms with Crippen LogP contribution in [0.5, 0.6) is 0 Å². The largest absolute Gasteiger partial charge is 0.500 e. The lowest BCUT2D eigenvalue weighted by molar-refractivity contribution is -0.147. The van der Waals surface area contributed by atoms with Crippen LogP contribution in [0.15, 0.2) is 0 Å². The second-order valence-electron chi connectivity index (χ2n) is 5.34. The standard InChI is InChI=1S/C15H32O8Si/c1-19-24(20-2,21-3)11-7-10-22-12-14(17)13-23-15(18)8-5-4-6-9-16/h14,16-17H,4-13H2,1-3H3. The van der Waals surface area contributed by atoms with Crippen molar-refractivity contribution in [3.05, 3.63) is 0 Å². The zero-order chi connectivity index (χ0) is 18.3. The van der Waals surface area contributed by atoms with Gasteiger partial charge in [0.25, 0.3) is 0 Å². The number of esters is 1. The van der Waals surface area contributed by atoms with Gasteiger partial charge in [0.15, 0.2) is 0 Å². The van der Waals surface area contributed by atoms with E-state index in [1.807, 2.05) is 0 Å². The Labute approximate surface area is 145 Å². The molecule has 9 heteroatoms. The predicted molar refractivity (Wildman–Crippen MR) is 89.5 cm³/mol. The van der Waals surface area contributed by atoms with Gasteiger partial charge in [-0.1, -0.05) is 6.42 Å². The van der Waals surface area contributed by atoms with E-state index in [2.05, 4.69) is 0 Å². The molecule has 144 valence electrons. The summed E-state index contributed by atoms with van der Waals surface area (Å²) in [5.41, 5.74) is 0. The minimum Gasteiger partial charge on any atom is -0.463 e. The summed E-state index contributed by atoms with van der Waals surface area (Å²) < 4.78 is 26.2. The topological polar surface area (TPSA) is 104 Å². The van der Waals surface area contributed by atoms with Crippen molar-refractivity contribution in [3.63, 3.8) is 0 Å². The van der Waals surface area contributed by atoms with Crippen molar-refractivity contribution < 1.29 is 37.8 Å². The molecule has 0 aliphatic carbocycles. The SMILES string of the molecule is CO[Si](CCCOCC(O)COC(=O)CCCCCO)(OC)OC. The molecule has 0 aliphatic rings. The van der Waals surface area contributed by atoms with Gasteiger partial charge in [-0.2, -0.15) is 0 Å². The van der Waals surface area contributed by atoms with Crippen LogP contribution in [0.4, 0.5) is 0 Å². The first-order chi connectivity index (χ1) is 11.5. The summed E-state index contributed by atoms with van der Waals surface area (Å²) in [5.74, 6) is -0.344. The third kappa shape index (κ3) is 11.1. The molecule has 0 fully saturated rings. The average Bonchev–Trinajstić information content (AvgIpc) is 2.60. The maximum atomic E-state index is 11.4. The normalized spacial score (nSPS) is 13.0. The Balaban J connectivity index is 3.65. The van der Waals surface area contributed by atoms with Crippen molar-refractivity contribution in [2.75, 3.05) is 47.8 Å². The van der Waals surface area contributed by atoms with Gasteiger partial charge >= 0.3 is 14.8 Å². The number of aliphatic hydroxyl groups excluding tert-OH is 2. The summed E-state index contributed by atoms with van der Waals surface area (Å²) in [6.07, 6.45) is 2.27. The van der Waals surface area contributed by atoms with Gasteiger partial charge in [0, 0.05) is 47.0 Å². The highest BCUT2D eigenvalue weighted by atomic mass is 28.4. The smallest absolute Gasteiger partial charge is 0.463 e. The van der Waals surface area contributed by atoms with E-state index < -0.39 is 14.9 Å². The van der Waals surface area contributed by atoms with Crippen LogP contribution in [0.3, 0.4) is 0 Å². The third-order valence-corrected chi connectivity index (χ3v) is 6.32. The summed E-state index contributed by atoms with van der Waals surface area (Å²) >= 11 is 0. The van der Waals surface area contributed by atoms with Crippen LogP contribution in [0.25, 0.3) is 0 Å². The fraction of sp³-hybridized carbons (Fsp3) is 0.933. The van der Waals surface area contributed by atoms with E-state index in [0.29, 0.717) is 38.3 Å². The van der Waals surface area contributed by atoms with Crippen molar-refractivity contribution >= 4 is 14.8 Å². The highest BCUT2D eigenvalue weighted by Gasteiger charge is 2.36. The second-order valence-corrected chi connectivity index (χ2v) is 8.44. The molecule has 0 aromatic carbocycles. The summed E-state index contributed by atoms with van der Waals surface area (Å²) in [6, 6.07) is 0.620. The molecule has 0 radical (unpaired) electrons. The lowest BCUT2D eigenvalue weighted by Gasteiger charge is -2.24. The molecular formula is C15H32O8Si. The van der Waals surface area contributed by atoms with Gasteiger partial charge in [-0.15, -0.1) is 0 Å². The van der Waals surface area contributed by atoms with Crippen molar-refractivity contribution in [3.8, 4) is 0 Å². The van der Waals surface area contributed by atoms with Crippen LogP contribution in [0, 0.1) is 0 Å². The van der Waals surface area contributed by atoms with E-state index in [1.54, 1.807) is 21.3 Å². The van der Waals surface area contributed by atoms with Crippen LogP contribution in [0.1, 0.15) is 32.1 Å². The van der Waals surface area contributed by atoms with Crippen LogP contribution >= 0.6 is 0 Å². The number of carbonyl (C=O) groups is 1. The number of aliphatic hydroxyl groups is 2. The summed E-state index contributed by atoms with van der Waals surface area (Å²) in [7, 11) is 2.10. The minimum atomic E-state index is -2.57. The lowest BCUT2D eigenvalue weighted by Crippen LogP contribution is -2.42. The van der Waals surface area contributed by atoms with Gasteiger partial charge in [0.1, 0.15) is 12.7 Å². The van der Waals surface area contributed by atoms with E-state index in [1.165, 1.54) is 0 Å². The third-order valence-electron chi connectivity index (χ3n) is 3.49. The van der Waals surface area contributed by atoms with Gasteiger partial charge in [0.05, 0.1) is 6.61 Å². The fourth-order valence-corrected chi connectivity index (χ4v) is 3.72. The van der Waals surface area contributed by atoms with Crippen molar-refractivity contribution in [2.24, 2.45) is 0 Å². The second kappa shape index (κ2) is 14.8. The molecule has 0 saturated carbocycles. The highest BCUT2D eigenvalue weighted by molar-refractivity contribution is 6.60. The number of unbranched alkanes of at least 4 members (excludes halogenated alkanes) is 2. The minimum absolute atomic E-state index is 0.0776.